The number of likely N-dealkylation sites (tertiary alicyclic amines) is 1. The number of β-amino-alcohol motifs (C(OH)–C–C–N with tert-alkyl or cyclic N) is 1. The summed E-state index contributed by atoms with van der Waals surface area (Å²) < 4.78 is 0. The van der Waals surface area contributed by atoms with Crippen LogP contribution in [0.5, 0.6) is 0 Å². The Hall–Kier alpha value is -2.87. The number of nitrogens with zero attached hydrogens (tertiary/aromatic N) is 1. The fourth-order valence-corrected chi connectivity index (χ4v) is 4.31. The van der Waals surface area contributed by atoms with E-state index in [2.05, 4.69) is 15.6 Å². The van der Waals surface area contributed by atoms with Gasteiger partial charge in [0.15, 0.2) is 0 Å². The van der Waals surface area contributed by atoms with E-state index in [1.807, 2.05) is 30.5 Å². The number of nitrogens with one attached hydrogen (secondary N) is 3. The van der Waals surface area contributed by atoms with E-state index in [1.165, 1.54) is 6.92 Å². The van der Waals surface area contributed by atoms with Crippen molar-refractivity contribution in [3.63, 3.8) is 0 Å². The molecule has 1 aromatic carbocycles. The van der Waals surface area contributed by atoms with E-state index < -0.39 is 17.6 Å². The molecule has 2 aliphatic rings. The minimum absolute atomic E-state index is 0.102. The van der Waals surface area contributed by atoms with Crippen molar-refractivity contribution >= 4 is 28.6 Å². The number of piperidine rings is 1. The highest BCUT2D eigenvalue weighted by Crippen LogP contribution is 2.39. The molecule has 2 aromatic rings. The maximum Gasteiger partial charge on any atom is 0.245 e. The van der Waals surface area contributed by atoms with Gasteiger partial charge in [-0.1, -0.05) is 18.2 Å². The summed E-state index contributed by atoms with van der Waals surface area (Å²) >= 11 is 0. The number of aromatic nitrogens is 1. The molecule has 1 spiro atoms. The number of carbonyl (C=O) groups excluding carboxylic acids is 3. The first-order valence-electron chi connectivity index (χ1n) is 9.44. The van der Waals surface area contributed by atoms with Crippen molar-refractivity contribution in [2.45, 2.75) is 31.9 Å². The lowest BCUT2D eigenvalue weighted by atomic mass is 9.70. The van der Waals surface area contributed by atoms with Gasteiger partial charge in [0.2, 0.25) is 17.7 Å². The molecular weight excluding hydrogens is 360 g/mol. The number of amides is 3. The highest BCUT2D eigenvalue weighted by atomic mass is 16.3. The third-order valence-corrected chi connectivity index (χ3v) is 5.81. The second-order valence-electron chi connectivity index (χ2n) is 7.87. The lowest BCUT2D eigenvalue weighted by molar-refractivity contribution is -0.165. The van der Waals surface area contributed by atoms with Gasteiger partial charge in [-0.25, -0.2) is 0 Å². The van der Waals surface area contributed by atoms with Gasteiger partial charge in [0.25, 0.3) is 0 Å². The Labute approximate surface area is 162 Å². The zero-order chi connectivity index (χ0) is 19.9. The van der Waals surface area contributed by atoms with Crippen molar-refractivity contribution in [3.05, 3.63) is 36.0 Å². The van der Waals surface area contributed by atoms with Crippen LogP contribution in [0.3, 0.4) is 0 Å². The zero-order valence-electron chi connectivity index (χ0n) is 15.7. The lowest BCUT2D eigenvalue weighted by Gasteiger charge is -2.54. The smallest absolute Gasteiger partial charge is 0.245 e. The van der Waals surface area contributed by atoms with Crippen LogP contribution in [0.25, 0.3) is 10.9 Å². The molecule has 8 nitrogen and oxygen atoms in total. The molecule has 148 valence electrons. The molecule has 1 aromatic heterocycles. The van der Waals surface area contributed by atoms with E-state index in [0.29, 0.717) is 19.5 Å². The summed E-state index contributed by atoms with van der Waals surface area (Å²) in [6, 6.07) is 7.12. The highest BCUT2D eigenvalue weighted by molar-refractivity contribution is 5.90. The van der Waals surface area contributed by atoms with Crippen LogP contribution in [0.4, 0.5) is 0 Å². The van der Waals surface area contributed by atoms with Crippen LogP contribution in [0.1, 0.15) is 18.9 Å². The molecule has 2 atom stereocenters. The van der Waals surface area contributed by atoms with Crippen molar-refractivity contribution in [3.8, 4) is 0 Å². The standard InChI is InChI=1S/C20H24N4O4/c1-12(25)23-16(6-13-8-21-15-5-3-2-4-14(13)15)19(28)24-10-20(11-24)7-18(27)22-9-17(20)26/h2-5,8,16-17,21,26H,6-7,9-11H2,1H3,(H,22,27)(H,23,25). The van der Waals surface area contributed by atoms with Gasteiger partial charge in [-0.05, 0) is 11.6 Å². The maximum atomic E-state index is 13.1. The molecule has 4 rings (SSSR count). The summed E-state index contributed by atoms with van der Waals surface area (Å²) in [6.07, 6.45) is 1.78. The van der Waals surface area contributed by atoms with Crippen LogP contribution >= 0.6 is 0 Å². The van der Waals surface area contributed by atoms with Gasteiger partial charge < -0.3 is 25.6 Å². The summed E-state index contributed by atoms with van der Waals surface area (Å²) in [5.74, 6) is -0.565. The summed E-state index contributed by atoms with van der Waals surface area (Å²) in [4.78, 5) is 41.3. The number of hydrogen-bond donors (Lipinski definition) is 4. The predicted molar refractivity (Wildman–Crippen MR) is 102 cm³/mol. The number of hydrogen-bond acceptors (Lipinski definition) is 4. The van der Waals surface area contributed by atoms with Crippen molar-refractivity contribution in [2.24, 2.45) is 5.41 Å². The molecule has 4 N–H and O–H groups in total. The lowest BCUT2D eigenvalue weighted by Crippen LogP contribution is -2.70. The van der Waals surface area contributed by atoms with Crippen molar-refractivity contribution in [2.75, 3.05) is 19.6 Å². The second kappa shape index (κ2) is 6.94. The van der Waals surface area contributed by atoms with E-state index in [-0.39, 0.29) is 30.7 Å². The molecule has 0 aliphatic carbocycles. The topological polar surface area (TPSA) is 115 Å². The Balaban J connectivity index is 1.49. The van der Waals surface area contributed by atoms with E-state index in [0.717, 1.165) is 16.5 Å². The Morgan fingerprint density at radius 2 is 2.11 bits per heavy atom. The number of para-hydroxylation sites is 1. The number of aromatic amines is 1. The van der Waals surface area contributed by atoms with Crippen LogP contribution in [0, 0.1) is 5.41 Å². The van der Waals surface area contributed by atoms with Crippen LogP contribution in [-0.2, 0) is 20.8 Å². The molecule has 2 saturated heterocycles. The van der Waals surface area contributed by atoms with Gasteiger partial charge in [-0.15, -0.1) is 0 Å². The number of rotatable bonds is 4. The van der Waals surface area contributed by atoms with Crippen molar-refractivity contribution in [1.82, 2.24) is 20.5 Å². The van der Waals surface area contributed by atoms with E-state index >= 15 is 0 Å². The van der Waals surface area contributed by atoms with Crippen molar-refractivity contribution in [1.29, 1.82) is 0 Å². The normalized spacial score (nSPS) is 21.9. The Kier molecular flexibility index (Phi) is 4.58. The third-order valence-electron chi connectivity index (χ3n) is 5.81. The molecule has 8 heteroatoms. The van der Waals surface area contributed by atoms with Crippen LogP contribution in [0.15, 0.2) is 30.5 Å². The highest BCUT2D eigenvalue weighted by Gasteiger charge is 2.53. The number of fused-ring (bicyclic) bond motifs is 1. The molecule has 0 saturated carbocycles. The molecule has 2 fully saturated rings. The predicted octanol–water partition coefficient (Wildman–Crippen LogP) is -0.0755. The maximum absolute atomic E-state index is 13.1. The first-order valence-corrected chi connectivity index (χ1v) is 9.44. The first-order chi connectivity index (χ1) is 13.4. The van der Waals surface area contributed by atoms with Gasteiger partial charge in [0.05, 0.1) is 6.10 Å². The number of benzene rings is 1. The minimum atomic E-state index is -0.691. The fourth-order valence-electron chi connectivity index (χ4n) is 4.31. The SMILES string of the molecule is CC(=O)NC(Cc1c[nH]c2ccccc12)C(=O)N1CC2(CC(=O)NCC2O)C1. The third kappa shape index (κ3) is 3.24. The van der Waals surface area contributed by atoms with Gasteiger partial charge >= 0.3 is 0 Å². The number of aliphatic hydroxyl groups is 1. The summed E-state index contributed by atoms with van der Waals surface area (Å²) in [5.41, 5.74) is 1.36. The molecule has 0 bridgehead atoms. The Morgan fingerprint density at radius 3 is 2.86 bits per heavy atom. The largest absolute Gasteiger partial charge is 0.391 e. The van der Waals surface area contributed by atoms with Crippen LogP contribution in [0.2, 0.25) is 0 Å². The first kappa shape index (κ1) is 18.5. The molecule has 0 radical (unpaired) electrons. The van der Waals surface area contributed by atoms with Gasteiger partial charge in [0, 0.05) is 61.9 Å². The van der Waals surface area contributed by atoms with E-state index in [9.17, 15) is 19.5 Å². The monoisotopic (exact) mass is 384 g/mol. The fraction of sp³-hybridized carbons (Fsp3) is 0.450. The molecule has 28 heavy (non-hydrogen) atoms. The summed E-state index contributed by atoms with van der Waals surface area (Å²) in [6.45, 7) is 2.25. The Morgan fingerprint density at radius 1 is 1.36 bits per heavy atom. The average Bonchev–Trinajstić information content (AvgIpc) is 3.03. The number of aliphatic hydroxyl groups excluding tert-OH is 1. The molecule has 2 aliphatic heterocycles. The Bertz CT molecular complexity index is 931. The van der Waals surface area contributed by atoms with E-state index in [1.54, 1.807) is 4.90 Å². The second-order valence-corrected chi connectivity index (χ2v) is 7.87. The van der Waals surface area contributed by atoms with Gasteiger partial charge in [0.1, 0.15) is 6.04 Å². The number of carbonyl (C=O) groups is 3. The zero-order valence-corrected chi connectivity index (χ0v) is 15.7. The minimum Gasteiger partial charge on any atom is -0.391 e. The molecule has 2 unspecified atom stereocenters. The molecule has 3 heterocycles. The number of H-pyrrole nitrogens is 1. The van der Waals surface area contributed by atoms with Crippen LogP contribution < -0.4 is 10.6 Å². The average molecular weight is 384 g/mol. The van der Waals surface area contributed by atoms with Crippen LogP contribution in [-0.4, -0.2) is 64.5 Å². The summed E-state index contributed by atoms with van der Waals surface area (Å²) in [5, 5.41) is 16.7. The summed E-state index contributed by atoms with van der Waals surface area (Å²) in [7, 11) is 0. The molecule has 3 amide bonds. The molecular formula is C20H24N4O4. The van der Waals surface area contributed by atoms with Gasteiger partial charge in [-0.2, -0.15) is 0 Å². The van der Waals surface area contributed by atoms with E-state index in [4.69, 9.17) is 0 Å². The van der Waals surface area contributed by atoms with Crippen molar-refractivity contribution < 1.29 is 19.5 Å². The quantitative estimate of drug-likeness (QED) is 0.590. The van der Waals surface area contributed by atoms with Gasteiger partial charge in [-0.3, -0.25) is 14.4 Å².